The van der Waals surface area contributed by atoms with E-state index < -0.39 is 34.1 Å². The minimum atomic E-state index is -1.09. The van der Waals surface area contributed by atoms with Crippen molar-refractivity contribution < 1.29 is 28.1 Å². The molecule has 180 valence electrons. The van der Waals surface area contributed by atoms with E-state index in [-0.39, 0.29) is 45.7 Å². The van der Waals surface area contributed by atoms with Gasteiger partial charge in [-0.3, -0.25) is 24.6 Å². The summed E-state index contributed by atoms with van der Waals surface area (Å²) >= 11 is 0. The highest BCUT2D eigenvalue weighted by Crippen LogP contribution is 2.42. The standard InChI is InChI=1S/C26H17FN2O7/c1-2-35-26(32)14-6-9-17(10-7-14)28-22(15-4-3-5-18(12-15)29(33)34)21-23(30)19-13-16(27)8-11-20(19)36-24(21)25(28)31/h3-13,22H,2H2,1H3. The smallest absolute Gasteiger partial charge is 0.338 e. The van der Waals surface area contributed by atoms with Crippen LogP contribution in [0.3, 0.4) is 0 Å². The minimum Gasteiger partial charge on any atom is -0.462 e. The number of benzene rings is 3. The number of anilines is 1. The zero-order chi connectivity index (χ0) is 25.6. The highest BCUT2D eigenvalue weighted by atomic mass is 19.1. The van der Waals surface area contributed by atoms with Gasteiger partial charge in [0, 0.05) is 17.8 Å². The number of nitrogens with zero attached hydrogens (tertiary/aromatic N) is 2. The SMILES string of the molecule is CCOC(=O)c1ccc(N2C(=O)c3oc4ccc(F)cc4c(=O)c3C2c2cccc([N+](=O)[O-])c2)cc1. The summed E-state index contributed by atoms with van der Waals surface area (Å²) in [4.78, 5) is 51.2. The maximum Gasteiger partial charge on any atom is 0.338 e. The molecule has 4 aromatic rings. The van der Waals surface area contributed by atoms with Crippen LogP contribution in [0.15, 0.2) is 75.9 Å². The Morgan fingerprint density at radius 1 is 1.11 bits per heavy atom. The molecule has 0 radical (unpaired) electrons. The van der Waals surface area contributed by atoms with E-state index >= 15 is 0 Å². The molecule has 5 rings (SSSR count). The van der Waals surface area contributed by atoms with Crippen LogP contribution in [0, 0.1) is 15.9 Å². The number of hydrogen-bond acceptors (Lipinski definition) is 7. The molecule has 0 N–H and O–H groups in total. The first-order chi connectivity index (χ1) is 17.3. The maximum atomic E-state index is 13.9. The van der Waals surface area contributed by atoms with Crippen molar-refractivity contribution >= 4 is 34.2 Å². The molecular weight excluding hydrogens is 471 g/mol. The number of non-ortho nitro benzene ring substituents is 1. The topological polar surface area (TPSA) is 120 Å². The molecule has 0 aliphatic carbocycles. The van der Waals surface area contributed by atoms with Crippen LogP contribution < -0.4 is 10.3 Å². The zero-order valence-corrected chi connectivity index (χ0v) is 18.8. The summed E-state index contributed by atoms with van der Waals surface area (Å²) in [6.45, 7) is 1.87. The normalized spacial score (nSPS) is 14.7. The van der Waals surface area contributed by atoms with Crippen molar-refractivity contribution in [1.82, 2.24) is 0 Å². The number of halogens is 1. The number of rotatable bonds is 5. The summed E-state index contributed by atoms with van der Waals surface area (Å²) in [7, 11) is 0. The molecule has 2 heterocycles. The predicted octanol–water partition coefficient (Wildman–Crippen LogP) is 4.77. The Morgan fingerprint density at radius 3 is 2.56 bits per heavy atom. The van der Waals surface area contributed by atoms with E-state index in [1.165, 1.54) is 53.4 Å². The van der Waals surface area contributed by atoms with Gasteiger partial charge in [-0.2, -0.15) is 0 Å². The lowest BCUT2D eigenvalue weighted by atomic mass is 9.97. The number of fused-ring (bicyclic) bond motifs is 2. The lowest BCUT2D eigenvalue weighted by Crippen LogP contribution is -2.29. The van der Waals surface area contributed by atoms with E-state index in [2.05, 4.69) is 0 Å². The lowest BCUT2D eigenvalue weighted by molar-refractivity contribution is -0.384. The molecule has 9 nitrogen and oxygen atoms in total. The molecule has 0 bridgehead atoms. The van der Waals surface area contributed by atoms with E-state index in [0.717, 1.165) is 12.1 Å². The third kappa shape index (κ3) is 3.68. The number of ether oxygens (including phenoxy) is 1. The Kier molecular flexibility index (Phi) is 5.56. The number of nitro benzene ring substituents is 1. The average molecular weight is 488 g/mol. The van der Waals surface area contributed by atoms with Crippen LogP contribution in [0.2, 0.25) is 0 Å². The Labute approximate surface area is 202 Å². The van der Waals surface area contributed by atoms with Crippen molar-refractivity contribution in [3.63, 3.8) is 0 Å². The molecule has 0 spiro atoms. The predicted molar refractivity (Wildman–Crippen MR) is 127 cm³/mol. The van der Waals surface area contributed by atoms with Crippen molar-refractivity contribution in [2.45, 2.75) is 13.0 Å². The molecular formula is C26H17FN2O7. The van der Waals surface area contributed by atoms with E-state index in [9.17, 15) is 28.9 Å². The highest BCUT2D eigenvalue weighted by molar-refractivity contribution is 6.10. The molecule has 36 heavy (non-hydrogen) atoms. The fraction of sp³-hybridized carbons (Fsp3) is 0.115. The van der Waals surface area contributed by atoms with Crippen LogP contribution in [0.1, 0.15) is 45.0 Å². The van der Waals surface area contributed by atoms with Gasteiger partial charge in [0.05, 0.1) is 34.1 Å². The number of carbonyl (C=O) groups excluding carboxylic acids is 2. The lowest BCUT2D eigenvalue weighted by Gasteiger charge is -2.25. The molecule has 10 heteroatoms. The third-order valence-corrected chi connectivity index (χ3v) is 5.89. The number of esters is 1. The van der Waals surface area contributed by atoms with Crippen molar-refractivity contribution in [3.8, 4) is 0 Å². The first kappa shape index (κ1) is 22.9. The highest BCUT2D eigenvalue weighted by Gasteiger charge is 2.44. The van der Waals surface area contributed by atoms with Gasteiger partial charge in [-0.25, -0.2) is 9.18 Å². The number of carbonyl (C=O) groups is 2. The van der Waals surface area contributed by atoms with E-state index in [1.807, 2.05) is 0 Å². The molecule has 0 saturated heterocycles. The molecule has 0 fully saturated rings. The van der Waals surface area contributed by atoms with Crippen molar-refractivity contribution in [2.75, 3.05) is 11.5 Å². The average Bonchev–Trinajstić information content (AvgIpc) is 3.17. The van der Waals surface area contributed by atoms with Crippen molar-refractivity contribution in [1.29, 1.82) is 0 Å². The fourth-order valence-electron chi connectivity index (χ4n) is 4.31. The summed E-state index contributed by atoms with van der Waals surface area (Å²) in [5, 5.41) is 11.4. The summed E-state index contributed by atoms with van der Waals surface area (Å²) in [5.74, 6) is -2.10. The van der Waals surface area contributed by atoms with Gasteiger partial charge in [-0.05, 0) is 55.0 Å². The Morgan fingerprint density at radius 2 is 1.86 bits per heavy atom. The summed E-state index contributed by atoms with van der Waals surface area (Å²) in [5.41, 5.74) is -0.0335. The molecule has 1 unspecified atom stereocenters. The van der Waals surface area contributed by atoms with Gasteiger partial charge >= 0.3 is 5.97 Å². The minimum absolute atomic E-state index is 0.0331. The molecule has 1 aromatic heterocycles. The second-order valence-corrected chi connectivity index (χ2v) is 8.01. The second kappa shape index (κ2) is 8.73. The second-order valence-electron chi connectivity index (χ2n) is 8.01. The van der Waals surface area contributed by atoms with Crippen LogP contribution in [0.5, 0.6) is 0 Å². The van der Waals surface area contributed by atoms with Gasteiger partial charge in [0.25, 0.3) is 11.6 Å². The molecule has 0 saturated carbocycles. The number of amides is 1. The van der Waals surface area contributed by atoms with Gasteiger partial charge < -0.3 is 9.15 Å². The van der Waals surface area contributed by atoms with Crippen LogP contribution in [-0.4, -0.2) is 23.4 Å². The molecule has 1 atom stereocenters. The van der Waals surface area contributed by atoms with Gasteiger partial charge in [-0.15, -0.1) is 0 Å². The number of nitro groups is 1. The fourth-order valence-corrected chi connectivity index (χ4v) is 4.31. The van der Waals surface area contributed by atoms with E-state index in [0.29, 0.717) is 5.69 Å². The number of hydrogen-bond donors (Lipinski definition) is 0. The van der Waals surface area contributed by atoms with Crippen LogP contribution in [0.25, 0.3) is 11.0 Å². The van der Waals surface area contributed by atoms with Crippen molar-refractivity contribution in [2.24, 2.45) is 0 Å². The molecule has 1 aliphatic heterocycles. The summed E-state index contributed by atoms with van der Waals surface area (Å²) < 4.78 is 24.7. The van der Waals surface area contributed by atoms with Gasteiger partial charge in [0.2, 0.25) is 5.76 Å². The molecule has 1 aliphatic rings. The zero-order valence-electron chi connectivity index (χ0n) is 18.8. The van der Waals surface area contributed by atoms with Gasteiger partial charge in [0.1, 0.15) is 11.4 Å². The monoisotopic (exact) mass is 488 g/mol. The third-order valence-electron chi connectivity index (χ3n) is 5.89. The summed E-state index contributed by atoms with van der Waals surface area (Å²) in [6.07, 6.45) is 0. The first-order valence-electron chi connectivity index (χ1n) is 10.9. The van der Waals surface area contributed by atoms with Crippen LogP contribution in [0.4, 0.5) is 15.8 Å². The Hall–Kier alpha value is -4.86. The van der Waals surface area contributed by atoms with E-state index in [1.54, 1.807) is 13.0 Å². The van der Waals surface area contributed by atoms with Gasteiger partial charge in [-0.1, -0.05) is 12.1 Å². The first-order valence-corrected chi connectivity index (χ1v) is 10.9. The summed E-state index contributed by atoms with van der Waals surface area (Å²) in [6, 6.07) is 13.8. The van der Waals surface area contributed by atoms with Crippen molar-refractivity contribution in [3.05, 3.63) is 115 Å². The maximum absolute atomic E-state index is 13.9. The molecule has 3 aromatic carbocycles. The Bertz CT molecular complexity index is 1610. The largest absolute Gasteiger partial charge is 0.462 e. The van der Waals surface area contributed by atoms with Gasteiger partial charge in [0.15, 0.2) is 5.43 Å². The quantitative estimate of drug-likeness (QED) is 0.225. The van der Waals surface area contributed by atoms with Crippen LogP contribution >= 0.6 is 0 Å². The molecule has 1 amide bonds. The Balaban J connectivity index is 1.73. The van der Waals surface area contributed by atoms with E-state index in [4.69, 9.17) is 9.15 Å². The van der Waals surface area contributed by atoms with Crippen LogP contribution in [-0.2, 0) is 4.74 Å².